The molecule has 0 saturated heterocycles. The summed E-state index contributed by atoms with van der Waals surface area (Å²) in [4.78, 5) is 0. The van der Waals surface area contributed by atoms with E-state index < -0.39 is 0 Å². The molecule has 2 N–H and O–H groups in total. The van der Waals surface area contributed by atoms with E-state index in [2.05, 4.69) is 11.2 Å². The van der Waals surface area contributed by atoms with Crippen LogP contribution in [0.15, 0.2) is 60.0 Å². The van der Waals surface area contributed by atoms with Gasteiger partial charge in [-0.05, 0) is 43.2 Å². The number of nitriles is 1. The van der Waals surface area contributed by atoms with E-state index in [1.807, 2.05) is 50.2 Å². The molecule has 6 heteroatoms. The minimum absolute atomic E-state index is 0.0985. The first kappa shape index (κ1) is 17.2. The predicted molar refractivity (Wildman–Crippen MR) is 104 cm³/mol. The molecule has 27 heavy (non-hydrogen) atoms. The van der Waals surface area contributed by atoms with Crippen molar-refractivity contribution in [3.63, 3.8) is 0 Å². The quantitative estimate of drug-likeness (QED) is 0.720. The fourth-order valence-electron chi connectivity index (χ4n) is 3.52. The Hall–Kier alpha value is -3.23. The SMILES string of the molecule is Cc1ccccc1C1C(C#N)=C(N)Oc2c1c(C)nn2-c1cccc(Cl)c1. The van der Waals surface area contributed by atoms with Gasteiger partial charge in [-0.1, -0.05) is 41.9 Å². The van der Waals surface area contributed by atoms with E-state index in [0.717, 1.165) is 28.1 Å². The Kier molecular flexibility index (Phi) is 4.14. The van der Waals surface area contributed by atoms with Gasteiger partial charge in [0.05, 0.1) is 22.9 Å². The molecule has 0 aliphatic carbocycles. The average Bonchev–Trinajstić information content (AvgIpc) is 2.97. The molecule has 1 atom stereocenters. The predicted octanol–water partition coefficient (Wildman–Crippen LogP) is 4.36. The number of ether oxygens (including phenoxy) is 1. The Balaban J connectivity index is 1.99. The molecule has 1 aromatic heterocycles. The summed E-state index contributed by atoms with van der Waals surface area (Å²) in [6.45, 7) is 3.93. The lowest BCUT2D eigenvalue weighted by Crippen LogP contribution is -2.22. The van der Waals surface area contributed by atoms with Gasteiger partial charge < -0.3 is 10.5 Å². The zero-order valence-electron chi connectivity index (χ0n) is 14.9. The van der Waals surface area contributed by atoms with Crippen LogP contribution in [0.3, 0.4) is 0 Å². The number of hydrogen-bond donors (Lipinski definition) is 1. The summed E-state index contributed by atoms with van der Waals surface area (Å²) in [5, 5.41) is 15.0. The van der Waals surface area contributed by atoms with Gasteiger partial charge in [-0.25, -0.2) is 4.68 Å². The normalized spacial score (nSPS) is 15.9. The van der Waals surface area contributed by atoms with Crippen molar-refractivity contribution in [1.29, 1.82) is 5.26 Å². The van der Waals surface area contributed by atoms with E-state index in [-0.39, 0.29) is 11.8 Å². The maximum atomic E-state index is 9.75. The number of hydrogen-bond acceptors (Lipinski definition) is 4. The van der Waals surface area contributed by atoms with Crippen molar-refractivity contribution >= 4 is 11.6 Å². The lowest BCUT2D eigenvalue weighted by atomic mass is 9.82. The molecule has 0 amide bonds. The summed E-state index contributed by atoms with van der Waals surface area (Å²) in [6.07, 6.45) is 0. The summed E-state index contributed by atoms with van der Waals surface area (Å²) in [6, 6.07) is 17.5. The Morgan fingerprint density at radius 3 is 2.67 bits per heavy atom. The Labute approximate surface area is 162 Å². The second kappa shape index (κ2) is 6.49. The summed E-state index contributed by atoms with van der Waals surface area (Å²) < 4.78 is 7.55. The Morgan fingerprint density at radius 1 is 1.19 bits per heavy atom. The van der Waals surface area contributed by atoms with Gasteiger partial charge in [0.25, 0.3) is 0 Å². The first-order valence-corrected chi connectivity index (χ1v) is 8.87. The van der Waals surface area contributed by atoms with Crippen LogP contribution in [0.4, 0.5) is 0 Å². The molecule has 0 bridgehead atoms. The maximum Gasteiger partial charge on any atom is 0.229 e. The second-order valence-electron chi connectivity index (χ2n) is 6.48. The van der Waals surface area contributed by atoms with Crippen LogP contribution >= 0.6 is 11.6 Å². The highest BCUT2D eigenvalue weighted by Gasteiger charge is 2.36. The standard InChI is InChI=1S/C21H17ClN4O/c1-12-6-3-4-9-16(12)19-17(11-23)20(24)27-21-18(19)13(2)25-26(21)15-8-5-7-14(22)10-15/h3-10,19H,24H2,1-2H3. The van der Waals surface area contributed by atoms with Gasteiger partial charge in [0, 0.05) is 5.02 Å². The van der Waals surface area contributed by atoms with Crippen molar-refractivity contribution < 1.29 is 4.74 Å². The topological polar surface area (TPSA) is 76.9 Å². The molecule has 0 radical (unpaired) electrons. The highest BCUT2D eigenvalue weighted by molar-refractivity contribution is 6.30. The number of halogens is 1. The first-order chi connectivity index (χ1) is 13.0. The molecular formula is C21H17ClN4O. The molecular weight excluding hydrogens is 360 g/mol. The van der Waals surface area contributed by atoms with Crippen LogP contribution in [0.2, 0.25) is 5.02 Å². The minimum Gasteiger partial charge on any atom is -0.422 e. The summed E-state index contributed by atoms with van der Waals surface area (Å²) in [7, 11) is 0. The van der Waals surface area contributed by atoms with Crippen LogP contribution in [-0.2, 0) is 0 Å². The van der Waals surface area contributed by atoms with Crippen molar-refractivity contribution in [3.05, 3.63) is 87.4 Å². The monoisotopic (exact) mass is 376 g/mol. The van der Waals surface area contributed by atoms with Crippen LogP contribution in [0.1, 0.15) is 28.3 Å². The van der Waals surface area contributed by atoms with Crippen LogP contribution in [-0.4, -0.2) is 9.78 Å². The van der Waals surface area contributed by atoms with Gasteiger partial charge in [-0.15, -0.1) is 0 Å². The van der Waals surface area contributed by atoms with Crippen molar-refractivity contribution in [2.24, 2.45) is 5.73 Å². The second-order valence-corrected chi connectivity index (χ2v) is 6.91. The van der Waals surface area contributed by atoms with Gasteiger partial charge in [-0.2, -0.15) is 10.4 Å². The number of fused-ring (bicyclic) bond motifs is 1. The Bertz CT molecular complexity index is 1120. The third-order valence-electron chi connectivity index (χ3n) is 4.78. The number of nitrogens with zero attached hydrogens (tertiary/aromatic N) is 3. The summed E-state index contributed by atoms with van der Waals surface area (Å²) >= 11 is 6.15. The largest absolute Gasteiger partial charge is 0.422 e. The molecule has 3 aromatic rings. The molecule has 0 saturated carbocycles. The van der Waals surface area contributed by atoms with Gasteiger partial charge in [0.2, 0.25) is 11.8 Å². The van der Waals surface area contributed by atoms with E-state index in [1.165, 1.54) is 0 Å². The van der Waals surface area contributed by atoms with Crippen molar-refractivity contribution in [3.8, 4) is 17.6 Å². The number of benzene rings is 2. The number of rotatable bonds is 2. The van der Waals surface area contributed by atoms with E-state index in [1.54, 1.807) is 16.8 Å². The van der Waals surface area contributed by atoms with E-state index >= 15 is 0 Å². The molecule has 2 aromatic carbocycles. The highest BCUT2D eigenvalue weighted by atomic mass is 35.5. The van der Waals surface area contributed by atoms with E-state index in [0.29, 0.717) is 16.5 Å². The van der Waals surface area contributed by atoms with Crippen molar-refractivity contribution in [2.75, 3.05) is 0 Å². The fraction of sp³-hybridized carbons (Fsp3) is 0.143. The van der Waals surface area contributed by atoms with Crippen LogP contribution in [0.25, 0.3) is 5.69 Å². The molecule has 5 nitrogen and oxygen atoms in total. The van der Waals surface area contributed by atoms with Crippen molar-refractivity contribution in [2.45, 2.75) is 19.8 Å². The molecule has 4 rings (SSSR count). The Morgan fingerprint density at radius 2 is 1.96 bits per heavy atom. The molecule has 0 spiro atoms. The zero-order chi connectivity index (χ0) is 19.1. The molecule has 1 unspecified atom stereocenters. The third kappa shape index (κ3) is 2.75. The maximum absolute atomic E-state index is 9.75. The molecule has 1 aliphatic rings. The van der Waals surface area contributed by atoms with Gasteiger partial charge >= 0.3 is 0 Å². The smallest absolute Gasteiger partial charge is 0.229 e. The molecule has 0 fully saturated rings. The number of aromatic nitrogens is 2. The van der Waals surface area contributed by atoms with Crippen LogP contribution < -0.4 is 10.5 Å². The summed E-state index contributed by atoms with van der Waals surface area (Å²) in [5.41, 5.74) is 11.0. The first-order valence-electron chi connectivity index (χ1n) is 8.50. The number of nitrogens with two attached hydrogens (primary N) is 1. The lowest BCUT2D eigenvalue weighted by molar-refractivity contribution is 0.367. The summed E-state index contributed by atoms with van der Waals surface area (Å²) in [5.74, 6) is 0.286. The number of aryl methyl sites for hydroxylation is 2. The zero-order valence-corrected chi connectivity index (χ0v) is 15.7. The van der Waals surface area contributed by atoms with Crippen LogP contribution in [0.5, 0.6) is 5.88 Å². The van der Waals surface area contributed by atoms with Crippen molar-refractivity contribution in [1.82, 2.24) is 9.78 Å². The number of allylic oxidation sites excluding steroid dienone is 1. The van der Waals surface area contributed by atoms with E-state index in [9.17, 15) is 5.26 Å². The van der Waals surface area contributed by atoms with Crippen LogP contribution in [0, 0.1) is 25.2 Å². The molecule has 2 heterocycles. The third-order valence-corrected chi connectivity index (χ3v) is 5.02. The average molecular weight is 377 g/mol. The highest BCUT2D eigenvalue weighted by Crippen LogP contribution is 2.45. The van der Waals surface area contributed by atoms with E-state index in [4.69, 9.17) is 22.1 Å². The molecule has 1 aliphatic heterocycles. The lowest BCUT2D eigenvalue weighted by Gasteiger charge is -2.26. The molecule has 134 valence electrons. The van der Waals surface area contributed by atoms with Gasteiger partial charge in [0.1, 0.15) is 11.6 Å². The van der Waals surface area contributed by atoms with Gasteiger partial charge in [-0.3, -0.25) is 0 Å². The minimum atomic E-state index is -0.326. The fourth-order valence-corrected chi connectivity index (χ4v) is 3.70. The van der Waals surface area contributed by atoms with Gasteiger partial charge in [0.15, 0.2) is 0 Å².